The number of para-hydroxylation sites is 2. The van der Waals surface area contributed by atoms with E-state index in [1.165, 1.54) is 0 Å². The number of imidazole rings is 1. The fourth-order valence-electron chi connectivity index (χ4n) is 3.23. The number of hydrogen-bond acceptors (Lipinski definition) is 3. The number of nitrogens with one attached hydrogen (secondary N) is 1. The summed E-state index contributed by atoms with van der Waals surface area (Å²) in [5, 5.41) is 0.505. The number of fused-ring (bicyclic) bond motifs is 1. The van der Waals surface area contributed by atoms with Gasteiger partial charge in [-0.2, -0.15) is 0 Å². The lowest BCUT2D eigenvalue weighted by Gasteiger charge is -2.22. The summed E-state index contributed by atoms with van der Waals surface area (Å²) in [4.78, 5) is 24.9. The van der Waals surface area contributed by atoms with Crippen LogP contribution in [-0.4, -0.2) is 47.0 Å². The topological polar surface area (TPSA) is 52.2 Å². The molecule has 0 saturated carbocycles. The highest BCUT2D eigenvalue weighted by Crippen LogP contribution is 2.21. The van der Waals surface area contributed by atoms with E-state index < -0.39 is 0 Å². The Morgan fingerprint density at radius 1 is 1.00 bits per heavy atom. The van der Waals surface area contributed by atoms with E-state index in [-0.39, 0.29) is 5.91 Å². The third-order valence-corrected chi connectivity index (χ3v) is 4.89. The van der Waals surface area contributed by atoms with Crippen molar-refractivity contribution in [2.45, 2.75) is 6.42 Å². The second-order valence-electron chi connectivity index (χ2n) is 6.19. The van der Waals surface area contributed by atoms with Gasteiger partial charge in [-0.3, -0.25) is 4.79 Å². The van der Waals surface area contributed by atoms with Crippen LogP contribution in [0, 0.1) is 0 Å². The Labute approximate surface area is 151 Å². The first kappa shape index (κ1) is 16.0. The molecule has 128 valence electrons. The Morgan fingerprint density at radius 2 is 1.80 bits per heavy atom. The lowest BCUT2D eigenvalue weighted by Crippen LogP contribution is -2.35. The molecule has 0 unspecified atom stereocenters. The number of halogens is 1. The van der Waals surface area contributed by atoms with Gasteiger partial charge < -0.3 is 14.8 Å². The summed E-state index contributed by atoms with van der Waals surface area (Å²) in [6, 6.07) is 15.2. The van der Waals surface area contributed by atoms with Crippen LogP contribution in [0.3, 0.4) is 0 Å². The van der Waals surface area contributed by atoms with Gasteiger partial charge in [-0.15, -0.1) is 0 Å². The number of aromatic amines is 1. The Hall–Kier alpha value is -2.53. The molecule has 1 fully saturated rings. The third-order valence-electron chi connectivity index (χ3n) is 4.56. The van der Waals surface area contributed by atoms with Gasteiger partial charge in [0, 0.05) is 26.2 Å². The highest BCUT2D eigenvalue weighted by Gasteiger charge is 2.23. The van der Waals surface area contributed by atoms with E-state index in [4.69, 9.17) is 11.6 Å². The van der Waals surface area contributed by atoms with Crippen LogP contribution < -0.4 is 4.90 Å². The van der Waals surface area contributed by atoms with Crippen molar-refractivity contribution in [1.29, 1.82) is 0 Å². The Balaban J connectivity index is 1.50. The highest BCUT2D eigenvalue weighted by atomic mass is 35.5. The molecule has 0 radical (unpaired) electrons. The average Bonchev–Trinajstić information content (AvgIpc) is 2.91. The van der Waals surface area contributed by atoms with Crippen LogP contribution in [-0.2, 0) is 0 Å². The minimum atomic E-state index is -0.00273. The van der Waals surface area contributed by atoms with Crippen LogP contribution in [0.15, 0.2) is 48.5 Å². The van der Waals surface area contributed by atoms with E-state index in [1.54, 1.807) is 12.1 Å². The number of H-pyrrole nitrogens is 1. The first-order valence-corrected chi connectivity index (χ1v) is 8.84. The molecular weight excluding hydrogens is 336 g/mol. The molecule has 0 bridgehead atoms. The molecule has 6 heteroatoms. The summed E-state index contributed by atoms with van der Waals surface area (Å²) < 4.78 is 0. The van der Waals surface area contributed by atoms with Gasteiger partial charge in [-0.05, 0) is 30.7 Å². The summed E-state index contributed by atoms with van der Waals surface area (Å²) in [6.07, 6.45) is 0.896. The number of carbonyl (C=O) groups excluding carboxylic acids is 1. The zero-order valence-corrected chi connectivity index (χ0v) is 14.5. The zero-order valence-electron chi connectivity index (χ0n) is 13.8. The minimum Gasteiger partial charge on any atom is -0.341 e. The maximum atomic E-state index is 12.8. The predicted molar refractivity (Wildman–Crippen MR) is 100 cm³/mol. The van der Waals surface area contributed by atoms with Gasteiger partial charge >= 0.3 is 0 Å². The van der Waals surface area contributed by atoms with Gasteiger partial charge in [0.25, 0.3) is 5.91 Å². The maximum absolute atomic E-state index is 12.8. The molecular formula is C19H19ClN4O. The van der Waals surface area contributed by atoms with Gasteiger partial charge in [0.05, 0.1) is 21.6 Å². The van der Waals surface area contributed by atoms with E-state index in [0.29, 0.717) is 17.1 Å². The van der Waals surface area contributed by atoms with E-state index >= 15 is 0 Å². The number of rotatable bonds is 2. The van der Waals surface area contributed by atoms with Gasteiger partial charge in [-0.1, -0.05) is 35.9 Å². The number of aromatic nitrogens is 2. The first-order valence-electron chi connectivity index (χ1n) is 8.46. The fraction of sp³-hybridized carbons (Fsp3) is 0.263. The molecule has 4 rings (SSSR count). The molecule has 0 atom stereocenters. The molecule has 0 aliphatic carbocycles. The molecule has 3 aromatic rings. The molecule has 1 aliphatic rings. The molecule has 1 saturated heterocycles. The van der Waals surface area contributed by atoms with E-state index in [1.807, 2.05) is 41.3 Å². The predicted octanol–water partition coefficient (Wildman–Crippen LogP) is 3.57. The van der Waals surface area contributed by atoms with E-state index in [9.17, 15) is 4.79 Å². The van der Waals surface area contributed by atoms with E-state index in [2.05, 4.69) is 14.9 Å². The Kier molecular flexibility index (Phi) is 4.32. The van der Waals surface area contributed by atoms with Crippen molar-refractivity contribution in [2.75, 3.05) is 31.1 Å². The normalized spacial score (nSPS) is 15.4. The second kappa shape index (κ2) is 6.76. The number of nitrogens with zero attached hydrogens (tertiary/aromatic N) is 3. The van der Waals surface area contributed by atoms with Crippen LogP contribution in [0.25, 0.3) is 11.0 Å². The number of carbonyl (C=O) groups is 1. The largest absolute Gasteiger partial charge is 0.341 e. The lowest BCUT2D eigenvalue weighted by atomic mass is 10.2. The standard InChI is InChI=1S/C19H19ClN4O/c20-15-7-2-1-6-14(15)18(25)23-10-5-11-24(13-12-23)19-21-16-8-3-4-9-17(16)22-19/h1-4,6-9H,5,10-13H2,(H,21,22). The molecule has 1 aliphatic heterocycles. The number of benzene rings is 2. The van der Waals surface area contributed by atoms with Crippen molar-refractivity contribution >= 4 is 34.5 Å². The van der Waals surface area contributed by atoms with Crippen molar-refractivity contribution in [1.82, 2.24) is 14.9 Å². The highest BCUT2D eigenvalue weighted by molar-refractivity contribution is 6.33. The lowest BCUT2D eigenvalue weighted by molar-refractivity contribution is 0.0767. The third kappa shape index (κ3) is 3.20. The molecule has 25 heavy (non-hydrogen) atoms. The molecule has 0 spiro atoms. The summed E-state index contributed by atoms with van der Waals surface area (Å²) in [5.74, 6) is 0.866. The van der Waals surface area contributed by atoms with Crippen molar-refractivity contribution in [2.24, 2.45) is 0 Å². The SMILES string of the molecule is O=C(c1ccccc1Cl)N1CCCN(c2nc3ccccc3[nH]2)CC1. The second-order valence-corrected chi connectivity index (χ2v) is 6.60. The summed E-state index contributed by atoms with van der Waals surface area (Å²) in [5.41, 5.74) is 2.57. The van der Waals surface area contributed by atoms with Crippen molar-refractivity contribution in [3.63, 3.8) is 0 Å². The van der Waals surface area contributed by atoms with Gasteiger partial charge in [0.1, 0.15) is 0 Å². The minimum absolute atomic E-state index is 0.00273. The molecule has 5 nitrogen and oxygen atoms in total. The van der Waals surface area contributed by atoms with Gasteiger partial charge in [0.15, 0.2) is 0 Å². The van der Waals surface area contributed by atoms with Crippen molar-refractivity contribution in [3.8, 4) is 0 Å². The van der Waals surface area contributed by atoms with Gasteiger partial charge in [-0.25, -0.2) is 4.98 Å². The smallest absolute Gasteiger partial charge is 0.255 e. The van der Waals surface area contributed by atoms with Crippen molar-refractivity contribution < 1.29 is 4.79 Å². The van der Waals surface area contributed by atoms with Gasteiger partial charge in [0.2, 0.25) is 5.95 Å². The quantitative estimate of drug-likeness (QED) is 0.765. The molecule has 1 aromatic heterocycles. The summed E-state index contributed by atoms with van der Waals surface area (Å²) in [6.45, 7) is 2.99. The molecule has 2 aromatic carbocycles. The maximum Gasteiger partial charge on any atom is 0.255 e. The fourth-order valence-corrected chi connectivity index (χ4v) is 3.44. The first-order chi connectivity index (χ1) is 12.2. The van der Waals surface area contributed by atoms with Crippen LogP contribution in [0.5, 0.6) is 0 Å². The summed E-state index contributed by atoms with van der Waals surface area (Å²) in [7, 11) is 0. The molecule has 1 amide bonds. The van der Waals surface area contributed by atoms with E-state index in [0.717, 1.165) is 43.0 Å². The monoisotopic (exact) mass is 354 g/mol. The Morgan fingerprint density at radius 3 is 2.64 bits per heavy atom. The molecule has 2 heterocycles. The van der Waals surface area contributed by atoms with Crippen LogP contribution >= 0.6 is 11.6 Å². The number of amides is 1. The summed E-state index contributed by atoms with van der Waals surface area (Å²) >= 11 is 6.18. The Bertz CT molecular complexity index is 874. The zero-order chi connectivity index (χ0) is 17.2. The van der Waals surface area contributed by atoms with Crippen LogP contribution in [0.2, 0.25) is 5.02 Å². The average molecular weight is 355 g/mol. The van der Waals surface area contributed by atoms with Crippen LogP contribution in [0.1, 0.15) is 16.8 Å². The van der Waals surface area contributed by atoms with Crippen molar-refractivity contribution in [3.05, 3.63) is 59.1 Å². The number of hydrogen-bond donors (Lipinski definition) is 1. The number of anilines is 1. The molecule has 1 N–H and O–H groups in total. The van der Waals surface area contributed by atoms with Crippen LogP contribution in [0.4, 0.5) is 5.95 Å².